The number of hydrogen-bond donors (Lipinski definition) is 1. The first-order valence-corrected chi connectivity index (χ1v) is 8.81. The summed E-state index contributed by atoms with van der Waals surface area (Å²) in [6.07, 6.45) is 2.36. The molecule has 2 bridgehead atoms. The molecule has 0 spiro atoms. The molecular weight excluding hydrogens is 296 g/mol. The zero-order valence-electron chi connectivity index (χ0n) is 14.3. The van der Waals surface area contributed by atoms with Crippen molar-refractivity contribution in [3.05, 3.63) is 71.8 Å². The minimum absolute atomic E-state index is 0.218. The summed E-state index contributed by atoms with van der Waals surface area (Å²) < 4.78 is 0. The van der Waals surface area contributed by atoms with E-state index in [0.29, 0.717) is 12.3 Å². The fourth-order valence-electron chi connectivity index (χ4n) is 5.54. The summed E-state index contributed by atoms with van der Waals surface area (Å²) in [5.74, 6) is 0.586. The van der Waals surface area contributed by atoms with Gasteiger partial charge in [0.25, 0.3) is 0 Å². The van der Waals surface area contributed by atoms with Gasteiger partial charge < -0.3 is 5.11 Å². The highest BCUT2D eigenvalue weighted by Gasteiger charge is 2.72. The molecule has 124 valence electrons. The molecule has 0 heterocycles. The van der Waals surface area contributed by atoms with Crippen molar-refractivity contribution in [2.24, 2.45) is 16.7 Å². The molecule has 2 aromatic carbocycles. The van der Waals surface area contributed by atoms with Crippen LogP contribution in [0.5, 0.6) is 0 Å². The fourth-order valence-corrected chi connectivity index (χ4v) is 5.54. The van der Waals surface area contributed by atoms with E-state index in [0.717, 1.165) is 24.0 Å². The minimum atomic E-state index is -1.29. The van der Waals surface area contributed by atoms with E-state index in [1.807, 2.05) is 60.7 Å². The highest BCUT2D eigenvalue weighted by atomic mass is 16.3. The van der Waals surface area contributed by atoms with Crippen molar-refractivity contribution in [2.75, 3.05) is 0 Å². The average Bonchev–Trinajstić information content (AvgIpc) is 2.98. The second-order valence-electron chi connectivity index (χ2n) is 7.93. The maximum atomic E-state index is 13.2. The zero-order chi connectivity index (χ0) is 17.0. The predicted molar refractivity (Wildman–Crippen MR) is 94.4 cm³/mol. The van der Waals surface area contributed by atoms with Gasteiger partial charge >= 0.3 is 0 Å². The third-order valence-electron chi connectivity index (χ3n) is 6.90. The van der Waals surface area contributed by atoms with Crippen LogP contribution in [0.15, 0.2) is 60.7 Å². The van der Waals surface area contributed by atoms with Crippen molar-refractivity contribution >= 4 is 5.78 Å². The molecule has 4 rings (SSSR count). The molecule has 0 aromatic heterocycles. The standard InChI is InChI=1S/C22H24O2/c1-20(2)18-13-14-21(20,19(23)15-18)22(24,16-9-5-3-6-10-16)17-11-7-4-8-12-17/h3-12,18,24H,13-15H2,1-2H3/t18-,21-/m1/s1. The van der Waals surface area contributed by atoms with Crippen LogP contribution in [0, 0.1) is 16.7 Å². The molecule has 2 aliphatic carbocycles. The van der Waals surface area contributed by atoms with Gasteiger partial charge in [0.05, 0.1) is 5.41 Å². The van der Waals surface area contributed by atoms with Crippen molar-refractivity contribution in [1.82, 2.24) is 0 Å². The van der Waals surface area contributed by atoms with Gasteiger partial charge in [-0.15, -0.1) is 0 Å². The van der Waals surface area contributed by atoms with E-state index in [1.54, 1.807) is 0 Å². The fraction of sp³-hybridized carbons (Fsp3) is 0.409. The van der Waals surface area contributed by atoms with Crippen molar-refractivity contribution < 1.29 is 9.90 Å². The molecule has 0 radical (unpaired) electrons. The van der Waals surface area contributed by atoms with E-state index >= 15 is 0 Å². The van der Waals surface area contributed by atoms with Gasteiger partial charge in [0.15, 0.2) is 0 Å². The molecule has 1 N–H and O–H groups in total. The first kappa shape index (κ1) is 15.6. The second kappa shape index (κ2) is 5.03. The molecule has 2 saturated carbocycles. The lowest BCUT2D eigenvalue weighted by Crippen LogP contribution is -2.54. The second-order valence-corrected chi connectivity index (χ2v) is 7.93. The van der Waals surface area contributed by atoms with Gasteiger partial charge in [-0.1, -0.05) is 74.5 Å². The van der Waals surface area contributed by atoms with Gasteiger partial charge in [-0.2, -0.15) is 0 Å². The topological polar surface area (TPSA) is 37.3 Å². The summed E-state index contributed by atoms with van der Waals surface area (Å²) in [6, 6.07) is 19.5. The minimum Gasteiger partial charge on any atom is -0.379 e. The molecule has 0 unspecified atom stereocenters. The maximum absolute atomic E-state index is 13.2. The Morgan fingerprint density at radius 2 is 1.46 bits per heavy atom. The quantitative estimate of drug-likeness (QED) is 0.914. The van der Waals surface area contributed by atoms with Gasteiger partial charge in [0.2, 0.25) is 0 Å². The Bertz CT molecular complexity index is 724. The van der Waals surface area contributed by atoms with E-state index in [1.165, 1.54) is 0 Å². The van der Waals surface area contributed by atoms with Crippen LogP contribution in [0.4, 0.5) is 0 Å². The van der Waals surface area contributed by atoms with Crippen LogP contribution >= 0.6 is 0 Å². The van der Waals surface area contributed by atoms with Gasteiger partial charge in [-0.25, -0.2) is 0 Å². The number of aliphatic hydroxyl groups is 1. The highest BCUT2D eigenvalue weighted by Crippen LogP contribution is 2.71. The maximum Gasteiger partial charge on any atom is 0.143 e. The number of rotatable bonds is 3. The van der Waals surface area contributed by atoms with Gasteiger partial charge in [0, 0.05) is 6.42 Å². The smallest absolute Gasteiger partial charge is 0.143 e. The summed E-state index contributed by atoms with van der Waals surface area (Å²) in [6.45, 7) is 4.35. The van der Waals surface area contributed by atoms with Gasteiger partial charge in [0.1, 0.15) is 11.4 Å². The third-order valence-corrected chi connectivity index (χ3v) is 6.90. The Balaban J connectivity index is 2.03. The molecule has 2 heteroatoms. The normalized spacial score (nSPS) is 28.3. The average molecular weight is 320 g/mol. The first-order valence-electron chi connectivity index (χ1n) is 8.81. The van der Waals surface area contributed by atoms with Crippen molar-refractivity contribution in [3.63, 3.8) is 0 Å². The number of hydrogen-bond acceptors (Lipinski definition) is 2. The van der Waals surface area contributed by atoms with Crippen LogP contribution in [0.25, 0.3) is 0 Å². The molecule has 2 nitrogen and oxygen atoms in total. The number of benzene rings is 2. The summed E-state index contributed by atoms with van der Waals surface area (Å²) in [4.78, 5) is 13.2. The lowest BCUT2D eigenvalue weighted by atomic mass is 9.55. The SMILES string of the molecule is CC1(C)[C@@H]2CC[C@@]1(C(O)(c1ccccc1)c1ccccc1)C(=O)C2. The van der Waals surface area contributed by atoms with E-state index in [9.17, 15) is 9.90 Å². The summed E-state index contributed by atoms with van der Waals surface area (Å²) in [7, 11) is 0. The van der Waals surface area contributed by atoms with Crippen molar-refractivity contribution in [1.29, 1.82) is 0 Å². The zero-order valence-corrected chi connectivity index (χ0v) is 14.3. The van der Waals surface area contributed by atoms with Crippen LogP contribution in [0.2, 0.25) is 0 Å². The van der Waals surface area contributed by atoms with Crippen LogP contribution in [-0.2, 0) is 10.4 Å². The molecular formula is C22H24O2. The Kier molecular flexibility index (Phi) is 3.27. The predicted octanol–water partition coefficient (Wildman–Crippen LogP) is 4.32. The lowest BCUT2D eigenvalue weighted by molar-refractivity contribution is -0.151. The molecule has 2 aliphatic rings. The van der Waals surface area contributed by atoms with E-state index < -0.39 is 11.0 Å². The molecule has 24 heavy (non-hydrogen) atoms. The van der Waals surface area contributed by atoms with Crippen LogP contribution in [0.3, 0.4) is 0 Å². The van der Waals surface area contributed by atoms with Crippen molar-refractivity contribution in [2.45, 2.75) is 38.7 Å². The largest absolute Gasteiger partial charge is 0.379 e. The summed E-state index contributed by atoms with van der Waals surface area (Å²) in [5, 5.41) is 12.2. The molecule has 2 atom stereocenters. The number of carbonyl (C=O) groups is 1. The Morgan fingerprint density at radius 3 is 1.83 bits per heavy atom. The number of fused-ring (bicyclic) bond motifs is 2. The first-order chi connectivity index (χ1) is 11.4. The van der Waals surface area contributed by atoms with E-state index in [2.05, 4.69) is 13.8 Å². The Labute approximate surface area is 143 Å². The highest BCUT2D eigenvalue weighted by molar-refractivity contribution is 5.92. The number of ketones is 1. The lowest BCUT2D eigenvalue weighted by Gasteiger charge is -2.50. The Morgan fingerprint density at radius 1 is 0.958 bits per heavy atom. The number of carbonyl (C=O) groups excluding carboxylic acids is 1. The van der Waals surface area contributed by atoms with E-state index in [4.69, 9.17) is 0 Å². The molecule has 2 fully saturated rings. The Hall–Kier alpha value is -1.93. The third kappa shape index (κ3) is 1.67. The van der Waals surface area contributed by atoms with Crippen LogP contribution < -0.4 is 0 Å². The van der Waals surface area contributed by atoms with Crippen molar-refractivity contribution in [3.8, 4) is 0 Å². The molecule has 0 saturated heterocycles. The van der Waals surface area contributed by atoms with Crippen LogP contribution in [-0.4, -0.2) is 10.9 Å². The number of Topliss-reactive ketones (excluding diaryl/α,β-unsaturated/α-hetero) is 1. The molecule has 0 amide bonds. The van der Waals surface area contributed by atoms with Gasteiger partial charge in [-0.05, 0) is 35.3 Å². The van der Waals surface area contributed by atoms with E-state index in [-0.39, 0.29) is 11.2 Å². The monoisotopic (exact) mass is 320 g/mol. The molecule has 0 aliphatic heterocycles. The van der Waals surface area contributed by atoms with Crippen LogP contribution in [0.1, 0.15) is 44.2 Å². The summed E-state index contributed by atoms with van der Waals surface area (Å²) in [5.41, 5.74) is -0.625. The summed E-state index contributed by atoms with van der Waals surface area (Å²) >= 11 is 0. The van der Waals surface area contributed by atoms with Gasteiger partial charge in [-0.3, -0.25) is 4.79 Å². The molecule has 2 aromatic rings.